The van der Waals surface area contributed by atoms with Gasteiger partial charge in [0, 0.05) is 25.0 Å². The molecule has 0 spiro atoms. The van der Waals surface area contributed by atoms with E-state index >= 15 is 0 Å². The fourth-order valence-corrected chi connectivity index (χ4v) is 1.72. The maximum atomic E-state index is 4.16. The van der Waals surface area contributed by atoms with Crippen molar-refractivity contribution in [2.24, 2.45) is 0 Å². The molecule has 0 aromatic carbocycles. The molecule has 0 radical (unpaired) electrons. The molecule has 4 nitrogen and oxygen atoms in total. The van der Waals surface area contributed by atoms with Crippen LogP contribution in [0.4, 0.5) is 5.82 Å². The van der Waals surface area contributed by atoms with Crippen LogP contribution >= 0.6 is 0 Å². The molecule has 0 unspecified atom stereocenters. The second-order valence-electron chi connectivity index (χ2n) is 3.62. The minimum atomic E-state index is 0.589. The first-order valence-corrected chi connectivity index (χ1v) is 5.18. The third-order valence-electron chi connectivity index (χ3n) is 2.51. The lowest BCUT2D eigenvalue weighted by atomic mass is 10.1. The predicted molar refractivity (Wildman–Crippen MR) is 56.2 cm³/mol. The fourth-order valence-electron chi connectivity index (χ4n) is 1.72. The van der Waals surface area contributed by atoms with E-state index in [2.05, 4.69) is 20.6 Å². The van der Waals surface area contributed by atoms with Gasteiger partial charge in [-0.3, -0.25) is 4.98 Å². The Kier molecular flexibility index (Phi) is 3.29. The van der Waals surface area contributed by atoms with Crippen molar-refractivity contribution in [3.63, 3.8) is 0 Å². The summed E-state index contributed by atoms with van der Waals surface area (Å²) in [6.45, 7) is 2.09. The average Bonchev–Trinajstić information content (AvgIpc) is 2.29. The van der Waals surface area contributed by atoms with Crippen LogP contribution < -0.4 is 10.6 Å². The summed E-state index contributed by atoms with van der Waals surface area (Å²) in [6, 6.07) is 0.589. The highest BCUT2D eigenvalue weighted by atomic mass is 15.0. The van der Waals surface area contributed by atoms with Crippen LogP contribution in [0.5, 0.6) is 0 Å². The van der Waals surface area contributed by atoms with E-state index in [1.165, 1.54) is 19.3 Å². The molecule has 1 saturated heterocycles. The lowest BCUT2D eigenvalue weighted by molar-refractivity contribution is 0.414. The molecule has 1 aromatic rings. The zero-order valence-corrected chi connectivity index (χ0v) is 8.24. The second kappa shape index (κ2) is 4.91. The molecule has 1 aliphatic rings. The van der Waals surface area contributed by atoms with E-state index in [-0.39, 0.29) is 0 Å². The lowest BCUT2D eigenvalue weighted by Gasteiger charge is -2.23. The van der Waals surface area contributed by atoms with Crippen molar-refractivity contribution < 1.29 is 0 Å². The molecule has 0 aliphatic carbocycles. The number of nitrogens with one attached hydrogen (secondary N) is 2. The normalized spacial score (nSPS) is 21.9. The summed E-state index contributed by atoms with van der Waals surface area (Å²) in [5.41, 5.74) is 0. The molecular weight excluding hydrogens is 176 g/mol. The Hall–Kier alpha value is -1.16. The zero-order valence-electron chi connectivity index (χ0n) is 8.24. The van der Waals surface area contributed by atoms with E-state index in [9.17, 15) is 0 Å². The van der Waals surface area contributed by atoms with E-state index in [0.29, 0.717) is 6.04 Å². The summed E-state index contributed by atoms with van der Waals surface area (Å²) in [7, 11) is 0. The third kappa shape index (κ3) is 2.67. The van der Waals surface area contributed by atoms with E-state index in [4.69, 9.17) is 0 Å². The van der Waals surface area contributed by atoms with E-state index in [1.807, 2.05) is 0 Å². The van der Waals surface area contributed by atoms with Crippen LogP contribution in [0.25, 0.3) is 0 Å². The van der Waals surface area contributed by atoms with Crippen molar-refractivity contribution in [2.45, 2.75) is 25.3 Å². The monoisotopic (exact) mass is 192 g/mol. The number of aromatic nitrogens is 2. The van der Waals surface area contributed by atoms with Crippen molar-refractivity contribution >= 4 is 5.82 Å². The Balaban J connectivity index is 1.76. The number of hydrogen-bond donors (Lipinski definition) is 2. The summed E-state index contributed by atoms with van der Waals surface area (Å²) < 4.78 is 0. The summed E-state index contributed by atoms with van der Waals surface area (Å²) in [5, 5.41) is 6.76. The number of nitrogens with zero attached hydrogens (tertiary/aromatic N) is 2. The Morgan fingerprint density at radius 3 is 3.14 bits per heavy atom. The molecule has 1 fully saturated rings. The molecule has 76 valence electrons. The highest BCUT2D eigenvalue weighted by Gasteiger charge is 2.11. The van der Waals surface area contributed by atoms with Gasteiger partial charge in [0.05, 0.1) is 6.20 Å². The molecule has 1 aromatic heterocycles. The van der Waals surface area contributed by atoms with Crippen LogP contribution in [0.2, 0.25) is 0 Å². The van der Waals surface area contributed by atoms with Crippen molar-refractivity contribution in [2.75, 3.05) is 18.4 Å². The summed E-state index contributed by atoms with van der Waals surface area (Å²) in [5.74, 6) is 0.861. The van der Waals surface area contributed by atoms with Gasteiger partial charge in [0.25, 0.3) is 0 Å². The molecule has 14 heavy (non-hydrogen) atoms. The van der Waals surface area contributed by atoms with Gasteiger partial charge < -0.3 is 10.6 Å². The molecule has 0 bridgehead atoms. The Morgan fingerprint density at radius 2 is 2.43 bits per heavy atom. The van der Waals surface area contributed by atoms with Crippen molar-refractivity contribution in [3.8, 4) is 0 Å². The van der Waals surface area contributed by atoms with Gasteiger partial charge in [0.1, 0.15) is 5.82 Å². The molecule has 1 atom stereocenters. The Labute approximate surface area is 84.2 Å². The molecule has 0 saturated carbocycles. The van der Waals surface area contributed by atoms with Crippen LogP contribution in [0, 0.1) is 0 Å². The van der Waals surface area contributed by atoms with Gasteiger partial charge in [0.2, 0.25) is 0 Å². The molecule has 0 amide bonds. The smallest absolute Gasteiger partial charge is 0.144 e. The zero-order chi connectivity index (χ0) is 9.64. The molecule has 1 aliphatic heterocycles. The quantitative estimate of drug-likeness (QED) is 0.751. The van der Waals surface area contributed by atoms with Gasteiger partial charge in [-0.05, 0) is 19.4 Å². The van der Waals surface area contributed by atoms with Crippen molar-refractivity contribution in [1.29, 1.82) is 0 Å². The first-order chi connectivity index (χ1) is 6.95. The maximum Gasteiger partial charge on any atom is 0.144 e. The number of anilines is 1. The topological polar surface area (TPSA) is 49.8 Å². The molecule has 2 N–H and O–H groups in total. The standard InChI is InChI=1S/C10H16N4/c1-2-4-12-9(3-1)7-14-10-8-11-5-6-13-10/h5-6,8-9,12H,1-4,7H2,(H,13,14)/t9-/m1/s1. The summed E-state index contributed by atoms with van der Waals surface area (Å²) >= 11 is 0. The van der Waals surface area contributed by atoms with Gasteiger partial charge >= 0.3 is 0 Å². The highest BCUT2D eigenvalue weighted by Crippen LogP contribution is 2.07. The Bertz CT molecular complexity index is 256. The van der Waals surface area contributed by atoms with E-state index in [0.717, 1.165) is 18.9 Å². The van der Waals surface area contributed by atoms with Gasteiger partial charge in [-0.25, -0.2) is 4.98 Å². The van der Waals surface area contributed by atoms with Crippen LogP contribution in [0.15, 0.2) is 18.6 Å². The first kappa shape index (κ1) is 9.40. The number of rotatable bonds is 3. The highest BCUT2D eigenvalue weighted by molar-refractivity contribution is 5.29. The van der Waals surface area contributed by atoms with E-state index < -0.39 is 0 Å². The average molecular weight is 192 g/mol. The first-order valence-electron chi connectivity index (χ1n) is 5.18. The predicted octanol–water partition coefficient (Wildman–Crippen LogP) is 1.03. The fraction of sp³-hybridized carbons (Fsp3) is 0.600. The van der Waals surface area contributed by atoms with Crippen molar-refractivity contribution in [3.05, 3.63) is 18.6 Å². The van der Waals surface area contributed by atoms with Crippen LogP contribution in [-0.4, -0.2) is 29.1 Å². The van der Waals surface area contributed by atoms with Crippen LogP contribution in [0.3, 0.4) is 0 Å². The molecular formula is C10H16N4. The van der Waals surface area contributed by atoms with Gasteiger partial charge in [0.15, 0.2) is 0 Å². The minimum Gasteiger partial charge on any atom is -0.367 e. The Morgan fingerprint density at radius 1 is 1.43 bits per heavy atom. The third-order valence-corrected chi connectivity index (χ3v) is 2.51. The van der Waals surface area contributed by atoms with Gasteiger partial charge in [-0.15, -0.1) is 0 Å². The lowest BCUT2D eigenvalue weighted by Crippen LogP contribution is -2.39. The van der Waals surface area contributed by atoms with Crippen molar-refractivity contribution in [1.82, 2.24) is 15.3 Å². The number of piperidine rings is 1. The molecule has 2 heterocycles. The molecule has 4 heteroatoms. The maximum absolute atomic E-state index is 4.16. The summed E-state index contributed by atoms with van der Waals surface area (Å²) in [4.78, 5) is 8.16. The van der Waals surface area contributed by atoms with Crippen LogP contribution in [-0.2, 0) is 0 Å². The van der Waals surface area contributed by atoms with Gasteiger partial charge in [-0.1, -0.05) is 6.42 Å². The van der Waals surface area contributed by atoms with E-state index in [1.54, 1.807) is 18.6 Å². The van der Waals surface area contributed by atoms with Gasteiger partial charge in [-0.2, -0.15) is 0 Å². The molecule has 2 rings (SSSR count). The SMILES string of the molecule is c1cnc(NC[C@H]2CCCCN2)cn1. The largest absolute Gasteiger partial charge is 0.367 e. The minimum absolute atomic E-state index is 0.589. The van der Waals surface area contributed by atoms with Crippen LogP contribution in [0.1, 0.15) is 19.3 Å². The second-order valence-corrected chi connectivity index (χ2v) is 3.62. The number of hydrogen-bond acceptors (Lipinski definition) is 4. The summed E-state index contributed by atoms with van der Waals surface area (Å²) in [6.07, 6.45) is 9.04.